The van der Waals surface area contributed by atoms with Gasteiger partial charge in [-0.2, -0.15) is 0 Å². The first-order chi connectivity index (χ1) is 15.5. The van der Waals surface area contributed by atoms with Crippen molar-refractivity contribution in [2.45, 2.75) is 45.6 Å². The number of amides is 2. The molecule has 2 N–H and O–H groups in total. The number of carbonyl (C=O) groups excluding carboxylic acids is 2. The molecule has 0 aliphatic carbocycles. The van der Waals surface area contributed by atoms with Crippen LogP contribution in [0.2, 0.25) is 0 Å². The first-order valence-corrected chi connectivity index (χ1v) is 10.9. The van der Waals surface area contributed by atoms with Gasteiger partial charge in [0.15, 0.2) is 0 Å². The van der Waals surface area contributed by atoms with Crippen LogP contribution in [-0.2, 0) is 22.7 Å². The molecule has 0 spiro atoms. The average Bonchev–Trinajstić information content (AvgIpc) is 2.82. The van der Waals surface area contributed by atoms with Crippen molar-refractivity contribution in [2.24, 2.45) is 0 Å². The summed E-state index contributed by atoms with van der Waals surface area (Å²) in [7, 11) is 0. The van der Waals surface area contributed by atoms with Crippen LogP contribution in [-0.4, -0.2) is 17.9 Å². The van der Waals surface area contributed by atoms with Gasteiger partial charge in [-0.25, -0.2) is 0 Å². The molecule has 3 aromatic rings. The number of carbonyl (C=O) groups is 2. The molecule has 0 saturated heterocycles. The van der Waals surface area contributed by atoms with Gasteiger partial charge in [0.05, 0.1) is 25.2 Å². The van der Waals surface area contributed by atoms with E-state index in [0.29, 0.717) is 18.7 Å². The van der Waals surface area contributed by atoms with Gasteiger partial charge in [-0.1, -0.05) is 72.8 Å². The quantitative estimate of drug-likeness (QED) is 0.486. The summed E-state index contributed by atoms with van der Waals surface area (Å²) in [5, 5.41) is 5.96. The van der Waals surface area contributed by atoms with Gasteiger partial charge in [-0.05, 0) is 42.7 Å². The summed E-state index contributed by atoms with van der Waals surface area (Å²) >= 11 is 0. The highest BCUT2D eigenvalue weighted by Gasteiger charge is 2.19. The SMILES string of the molecule is CC(C)OCc1ccc(CNC(=O)CC(NC(=O)c2ccccc2)c2ccccc2)cc1. The second-order valence-electron chi connectivity index (χ2n) is 7.96. The lowest BCUT2D eigenvalue weighted by atomic mass is 10.0. The molecule has 3 rings (SSSR count). The van der Waals surface area contributed by atoms with Crippen LogP contribution in [0.3, 0.4) is 0 Å². The van der Waals surface area contributed by atoms with Crippen molar-refractivity contribution in [1.82, 2.24) is 10.6 Å². The fourth-order valence-electron chi connectivity index (χ4n) is 3.24. The second kappa shape index (κ2) is 11.8. The largest absolute Gasteiger partial charge is 0.374 e. The summed E-state index contributed by atoms with van der Waals surface area (Å²) in [4.78, 5) is 25.3. The predicted octanol–water partition coefficient (Wildman–Crippen LogP) is 4.79. The normalized spacial score (nSPS) is 11.7. The summed E-state index contributed by atoms with van der Waals surface area (Å²) < 4.78 is 5.61. The minimum Gasteiger partial charge on any atom is -0.374 e. The van der Waals surface area contributed by atoms with Gasteiger partial charge < -0.3 is 15.4 Å². The summed E-state index contributed by atoms with van der Waals surface area (Å²) in [5.74, 6) is -0.328. The molecule has 0 heterocycles. The Morgan fingerprint density at radius 1 is 0.812 bits per heavy atom. The predicted molar refractivity (Wildman–Crippen MR) is 126 cm³/mol. The van der Waals surface area contributed by atoms with Crippen LogP contribution in [0.15, 0.2) is 84.9 Å². The molecule has 3 aromatic carbocycles. The Hall–Kier alpha value is -3.44. The number of rotatable bonds is 10. The number of hydrogen-bond donors (Lipinski definition) is 2. The Bertz CT molecular complexity index is 986. The van der Waals surface area contributed by atoms with Crippen LogP contribution >= 0.6 is 0 Å². The fourth-order valence-corrected chi connectivity index (χ4v) is 3.24. The summed E-state index contributed by atoms with van der Waals surface area (Å²) in [6.07, 6.45) is 0.344. The molecule has 5 nitrogen and oxygen atoms in total. The average molecular weight is 431 g/mol. The molecule has 0 saturated carbocycles. The third kappa shape index (κ3) is 7.36. The maximum absolute atomic E-state index is 12.7. The molecule has 0 aromatic heterocycles. The minimum absolute atomic E-state index is 0.126. The van der Waals surface area contributed by atoms with Crippen LogP contribution in [0.5, 0.6) is 0 Å². The third-order valence-corrected chi connectivity index (χ3v) is 5.03. The zero-order valence-corrected chi connectivity index (χ0v) is 18.6. The zero-order valence-electron chi connectivity index (χ0n) is 18.6. The van der Waals surface area contributed by atoms with Crippen LogP contribution in [0.4, 0.5) is 0 Å². The van der Waals surface area contributed by atoms with E-state index in [1.54, 1.807) is 12.1 Å². The highest BCUT2D eigenvalue weighted by atomic mass is 16.5. The van der Waals surface area contributed by atoms with Gasteiger partial charge >= 0.3 is 0 Å². The van der Waals surface area contributed by atoms with Crippen LogP contribution in [0, 0.1) is 0 Å². The Kier molecular flexibility index (Phi) is 8.58. The fraction of sp³-hybridized carbons (Fsp3) is 0.259. The smallest absolute Gasteiger partial charge is 0.251 e. The summed E-state index contributed by atoms with van der Waals surface area (Å²) in [5.41, 5.74) is 3.56. The van der Waals surface area contributed by atoms with Gasteiger partial charge in [0.2, 0.25) is 5.91 Å². The van der Waals surface area contributed by atoms with Crippen molar-refractivity contribution in [3.8, 4) is 0 Å². The molecule has 1 atom stereocenters. The highest BCUT2D eigenvalue weighted by Crippen LogP contribution is 2.18. The van der Waals surface area contributed by atoms with Crippen LogP contribution in [0.1, 0.15) is 53.4 Å². The van der Waals surface area contributed by atoms with Gasteiger partial charge in [-0.3, -0.25) is 9.59 Å². The van der Waals surface area contributed by atoms with E-state index in [2.05, 4.69) is 10.6 Å². The highest BCUT2D eigenvalue weighted by molar-refractivity contribution is 5.94. The zero-order chi connectivity index (χ0) is 22.8. The lowest BCUT2D eigenvalue weighted by Gasteiger charge is -2.19. The number of benzene rings is 3. The van der Waals surface area contributed by atoms with Crippen molar-refractivity contribution in [3.05, 3.63) is 107 Å². The van der Waals surface area contributed by atoms with E-state index in [1.807, 2.05) is 86.6 Å². The van der Waals surface area contributed by atoms with E-state index in [4.69, 9.17) is 4.74 Å². The number of nitrogens with one attached hydrogen (secondary N) is 2. The van der Waals surface area contributed by atoms with Crippen molar-refractivity contribution >= 4 is 11.8 Å². The lowest BCUT2D eigenvalue weighted by Crippen LogP contribution is -2.33. The van der Waals surface area contributed by atoms with Crippen LogP contribution < -0.4 is 10.6 Å². The van der Waals surface area contributed by atoms with Crippen molar-refractivity contribution in [1.29, 1.82) is 0 Å². The van der Waals surface area contributed by atoms with Crippen molar-refractivity contribution in [2.75, 3.05) is 0 Å². The van der Waals surface area contributed by atoms with Gasteiger partial charge in [0, 0.05) is 12.1 Å². The van der Waals surface area contributed by atoms with Gasteiger partial charge in [0.25, 0.3) is 5.91 Å². The summed E-state index contributed by atoms with van der Waals surface area (Å²) in [6, 6.07) is 26.2. The Morgan fingerprint density at radius 3 is 2.03 bits per heavy atom. The Balaban J connectivity index is 1.58. The molecule has 0 fully saturated rings. The van der Waals surface area contributed by atoms with Crippen molar-refractivity contribution < 1.29 is 14.3 Å². The first-order valence-electron chi connectivity index (χ1n) is 10.9. The topological polar surface area (TPSA) is 67.4 Å². The first kappa shape index (κ1) is 23.2. The molecule has 0 radical (unpaired) electrons. The molecular formula is C27H30N2O3. The van der Waals surface area contributed by atoms with E-state index in [1.165, 1.54) is 0 Å². The summed E-state index contributed by atoms with van der Waals surface area (Å²) in [6.45, 7) is 5.02. The molecule has 0 aliphatic rings. The maximum atomic E-state index is 12.7. The Labute approximate surface area is 189 Å². The number of ether oxygens (including phenoxy) is 1. The van der Waals surface area contributed by atoms with Crippen LogP contribution in [0.25, 0.3) is 0 Å². The van der Waals surface area contributed by atoms with E-state index in [-0.39, 0.29) is 24.3 Å². The van der Waals surface area contributed by atoms with Crippen molar-refractivity contribution in [3.63, 3.8) is 0 Å². The molecule has 2 amide bonds. The molecule has 0 aliphatic heterocycles. The lowest BCUT2D eigenvalue weighted by molar-refractivity contribution is -0.121. The Morgan fingerprint density at radius 2 is 1.41 bits per heavy atom. The van der Waals surface area contributed by atoms with E-state index < -0.39 is 6.04 Å². The van der Waals surface area contributed by atoms with Gasteiger partial charge in [0.1, 0.15) is 0 Å². The monoisotopic (exact) mass is 430 g/mol. The standard InChI is InChI=1S/C27H30N2O3/c1-20(2)32-19-22-15-13-21(14-16-22)18-28-26(30)17-25(23-9-5-3-6-10-23)29-27(31)24-11-7-4-8-12-24/h3-16,20,25H,17-19H2,1-2H3,(H,28,30)(H,29,31). The molecule has 0 bridgehead atoms. The van der Waals surface area contributed by atoms with Gasteiger partial charge in [-0.15, -0.1) is 0 Å². The second-order valence-corrected chi connectivity index (χ2v) is 7.96. The molecular weight excluding hydrogens is 400 g/mol. The van der Waals surface area contributed by atoms with E-state index in [9.17, 15) is 9.59 Å². The number of hydrogen-bond acceptors (Lipinski definition) is 3. The molecule has 5 heteroatoms. The molecule has 32 heavy (non-hydrogen) atoms. The molecule has 1 unspecified atom stereocenters. The van der Waals surface area contributed by atoms with E-state index in [0.717, 1.165) is 16.7 Å². The maximum Gasteiger partial charge on any atom is 0.251 e. The van der Waals surface area contributed by atoms with E-state index >= 15 is 0 Å². The third-order valence-electron chi connectivity index (χ3n) is 5.03. The molecule has 166 valence electrons. The minimum atomic E-state index is -0.417.